The number of halogens is 4. The van der Waals surface area contributed by atoms with E-state index in [9.17, 15) is 22.8 Å². The second-order valence-corrected chi connectivity index (χ2v) is 11.1. The van der Waals surface area contributed by atoms with Crippen LogP contribution in [0.25, 0.3) is 0 Å². The van der Waals surface area contributed by atoms with Gasteiger partial charge in [-0.15, -0.1) is 13.2 Å². The van der Waals surface area contributed by atoms with E-state index in [2.05, 4.69) is 15.2 Å². The van der Waals surface area contributed by atoms with Crippen LogP contribution in [0.2, 0.25) is 5.02 Å². The molecule has 0 aromatic heterocycles. The summed E-state index contributed by atoms with van der Waals surface area (Å²) in [6, 6.07) is 15.0. The van der Waals surface area contributed by atoms with Crippen LogP contribution in [0, 0.1) is 0 Å². The minimum Gasteiger partial charge on any atom is -0.497 e. The largest absolute Gasteiger partial charge is 0.573 e. The molecule has 232 valence electrons. The predicted octanol–water partition coefficient (Wildman–Crippen LogP) is 6.69. The topological polar surface area (TPSA) is 110 Å². The van der Waals surface area contributed by atoms with Crippen molar-refractivity contribution in [2.75, 3.05) is 30.5 Å². The van der Waals surface area contributed by atoms with Crippen LogP contribution in [0.5, 0.6) is 11.5 Å². The standard InChI is InChI=1S/C31H29ClF3N3O6/c1-18(37-43-12-9-27(39)40)20-13-22(15-24(14-20)42-2)36-28(19-3-5-21(32)6-4-19)29(41)38-17-30(10-11-30)25-8-7-23(16-26(25)38)44-31(33,34)35/h3-8,13-16,28,36H,9-12,17H2,1-2H3,(H,39,40). The number of carbonyl (C=O) groups is 2. The lowest BCUT2D eigenvalue weighted by molar-refractivity contribution is -0.274. The third kappa shape index (κ3) is 7.02. The van der Waals surface area contributed by atoms with Crippen molar-refractivity contribution >= 4 is 40.6 Å². The molecule has 1 atom stereocenters. The molecule has 1 amide bonds. The van der Waals surface area contributed by atoms with Crippen molar-refractivity contribution < 1.29 is 42.2 Å². The van der Waals surface area contributed by atoms with Crippen molar-refractivity contribution in [1.82, 2.24) is 0 Å². The first-order valence-corrected chi connectivity index (χ1v) is 14.1. The number of rotatable bonds is 11. The van der Waals surface area contributed by atoms with Crippen LogP contribution < -0.4 is 19.7 Å². The summed E-state index contributed by atoms with van der Waals surface area (Å²) in [5.74, 6) is -1.35. The Hall–Kier alpha value is -4.45. The quantitative estimate of drug-likeness (QED) is 0.138. The molecular weight excluding hydrogens is 603 g/mol. The van der Waals surface area contributed by atoms with Gasteiger partial charge in [-0.2, -0.15) is 0 Å². The van der Waals surface area contributed by atoms with Gasteiger partial charge in [0.15, 0.2) is 0 Å². The summed E-state index contributed by atoms with van der Waals surface area (Å²) in [5, 5.41) is 16.6. The highest BCUT2D eigenvalue weighted by molar-refractivity contribution is 6.30. The van der Waals surface area contributed by atoms with Gasteiger partial charge >= 0.3 is 12.3 Å². The van der Waals surface area contributed by atoms with Gasteiger partial charge < -0.3 is 29.6 Å². The molecule has 1 saturated carbocycles. The number of fused-ring (bicyclic) bond motifs is 2. The Morgan fingerprint density at radius 1 is 1.09 bits per heavy atom. The number of nitrogens with one attached hydrogen (secondary N) is 1. The summed E-state index contributed by atoms with van der Waals surface area (Å²) in [6.45, 7) is 1.90. The lowest BCUT2D eigenvalue weighted by Crippen LogP contribution is -2.38. The van der Waals surface area contributed by atoms with Crippen molar-refractivity contribution in [3.8, 4) is 11.5 Å². The van der Waals surface area contributed by atoms with Gasteiger partial charge in [0.05, 0.1) is 24.9 Å². The molecule has 1 aliphatic heterocycles. The molecule has 3 aromatic carbocycles. The third-order valence-corrected chi connectivity index (χ3v) is 7.83. The number of benzene rings is 3. The number of hydrogen-bond donors (Lipinski definition) is 2. The Bertz CT molecular complexity index is 1590. The van der Waals surface area contributed by atoms with E-state index >= 15 is 0 Å². The fourth-order valence-corrected chi connectivity index (χ4v) is 5.36. The number of hydrogen-bond acceptors (Lipinski definition) is 7. The van der Waals surface area contributed by atoms with Crippen LogP contribution in [-0.4, -0.2) is 49.3 Å². The van der Waals surface area contributed by atoms with Crippen LogP contribution in [0.1, 0.15) is 48.9 Å². The smallest absolute Gasteiger partial charge is 0.497 e. The zero-order valence-corrected chi connectivity index (χ0v) is 24.5. The molecule has 1 unspecified atom stereocenters. The van der Waals surface area contributed by atoms with Crippen LogP contribution in [0.3, 0.4) is 0 Å². The highest BCUT2D eigenvalue weighted by atomic mass is 35.5. The number of carboxylic acid groups (broad SMARTS) is 1. The Balaban J connectivity index is 1.49. The summed E-state index contributed by atoms with van der Waals surface area (Å²) in [4.78, 5) is 31.8. The van der Waals surface area contributed by atoms with E-state index in [1.807, 2.05) is 0 Å². The molecular formula is C31H29ClF3N3O6. The van der Waals surface area contributed by atoms with Gasteiger partial charge in [0.2, 0.25) is 0 Å². The predicted molar refractivity (Wildman–Crippen MR) is 158 cm³/mol. The van der Waals surface area contributed by atoms with Gasteiger partial charge in [0, 0.05) is 40.4 Å². The average molecular weight is 632 g/mol. The van der Waals surface area contributed by atoms with E-state index in [1.54, 1.807) is 55.5 Å². The lowest BCUT2D eigenvalue weighted by Gasteiger charge is -2.27. The SMILES string of the molecule is COc1cc(NC(C(=O)N2CC3(CC3)c3ccc(OC(F)(F)F)cc32)c2ccc(Cl)cc2)cc(C(C)=NOCCC(=O)O)c1. The summed E-state index contributed by atoms with van der Waals surface area (Å²) >= 11 is 6.14. The number of methoxy groups -OCH3 is 1. The molecule has 1 fully saturated rings. The minimum absolute atomic E-state index is 0.108. The number of alkyl halides is 3. The monoisotopic (exact) mass is 631 g/mol. The highest BCUT2D eigenvalue weighted by Gasteiger charge is 2.54. The van der Waals surface area contributed by atoms with E-state index < -0.39 is 24.1 Å². The molecule has 5 rings (SSSR count). The number of nitrogens with zero attached hydrogens (tertiary/aromatic N) is 2. The normalized spacial score (nSPS) is 15.9. The Morgan fingerprint density at radius 2 is 1.82 bits per heavy atom. The van der Waals surface area contributed by atoms with Crippen LogP contribution >= 0.6 is 11.6 Å². The maximum Gasteiger partial charge on any atom is 0.573 e. The van der Waals surface area contributed by atoms with Crippen molar-refractivity contribution in [2.24, 2.45) is 5.16 Å². The van der Waals surface area contributed by atoms with E-state index in [-0.39, 0.29) is 24.3 Å². The molecule has 1 aliphatic carbocycles. The van der Waals surface area contributed by atoms with Gasteiger partial charge in [0.25, 0.3) is 5.91 Å². The van der Waals surface area contributed by atoms with Crippen LogP contribution in [-0.2, 0) is 19.8 Å². The van der Waals surface area contributed by atoms with E-state index in [0.717, 1.165) is 18.4 Å². The fraction of sp³-hybridized carbons (Fsp3) is 0.323. The molecule has 0 bridgehead atoms. The Morgan fingerprint density at radius 3 is 2.45 bits per heavy atom. The molecule has 44 heavy (non-hydrogen) atoms. The number of oxime groups is 1. The number of carboxylic acids is 1. The van der Waals surface area contributed by atoms with Crippen molar-refractivity contribution in [3.05, 3.63) is 82.4 Å². The molecule has 3 aromatic rings. The van der Waals surface area contributed by atoms with Gasteiger partial charge in [-0.25, -0.2) is 0 Å². The fourth-order valence-electron chi connectivity index (χ4n) is 5.23. The first-order chi connectivity index (χ1) is 20.9. The first-order valence-electron chi connectivity index (χ1n) is 13.7. The van der Waals surface area contributed by atoms with E-state index in [0.29, 0.717) is 45.5 Å². The average Bonchev–Trinajstić information content (AvgIpc) is 3.69. The maximum absolute atomic E-state index is 14.4. The number of amides is 1. The van der Waals surface area contributed by atoms with Gasteiger partial charge in [-0.1, -0.05) is 35.0 Å². The Labute approximate surface area is 256 Å². The van der Waals surface area contributed by atoms with Crippen molar-refractivity contribution in [1.29, 1.82) is 0 Å². The van der Waals surface area contributed by atoms with E-state index in [4.69, 9.17) is 26.3 Å². The minimum atomic E-state index is -4.88. The molecule has 0 radical (unpaired) electrons. The molecule has 13 heteroatoms. The maximum atomic E-state index is 14.4. The van der Waals surface area contributed by atoms with Gasteiger partial charge in [-0.05, 0) is 61.2 Å². The second-order valence-electron chi connectivity index (χ2n) is 10.7. The number of aliphatic carboxylic acids is 1. The van der Waals surface area contributed by atoms with Crippen molar-refractivity contribution in [2.45, 2.75) is 44.0 Å². The van der Waals surface area contributed by atoms with Crippen molar-refractivity contribution in [3.63, 3.8) is 0 Å². The third-order valence-electron chi connectivity index (χ3n) is 7.58. The summed E-state index contributed by atoms with van der Waals surface area (Å²) in [6.07, 6.45) is -3.46. The van der Waals surface area contributed by atoms with Gasteiger partial charge in [-0.3, -0.25) is 9.59 Å². The number of ether oxygens (including phenoxy) is 2. The highest BCUT2D eigenvalue weighted by Crippen LogP contribution is 2.57. The van der Waals surface area contributed by atoms with Gasteiger partial charge in [0.1, 0.15) is 24.1 Å². The number of anilines is 2. The summed E-state index contributed by atoms with van der Waals surface area (Å²) < 4.78 is 48.7. The van der Waals surface area contributed by atoms with E-state index in [1.165, 1.54) is 24.1 Å². The molecule has 0 saturated heterocycles. The zero-order chi connectivity index (χ0) is 31.6. The molecule has 1 spiro atoms. The molecule has 1 heterocycles. The Kier molecular flexibility index (Phi) is 8.64. The summed E-state index contributed by atoms with van der Waals surface area (Å²) in [7, 11) is 1.48. The lowest BCUT2D eigenvalue weighted by atomic mass is 9.99. The number of carbonyl (C=O) groups excluding carboxylic acids is 1. The molecule has 2 aliphatic rings. The van der Waals surface area contributed by atoms with Crippen LogP contribution in [0.15, 0.2) is 65.8 Å². The molecule has 2 N–H and O–H groups in total. The summed E-state index contributed by atoms with van der Waals surface area (Å²) in [5.41, 5.74) is 2.98. The zero-order valence-electron chi connectivity index (χ0n) is 23.8. The first kappa shape index (κ1) is 31.0. The molecule has 9 nitrogen and oxygen atoms in total. The second kappa shape index (κ2) is 12.3. The van der Waals surface area contributed by atoms with Crippen LogP contribution in [0.4, 0.5) is 24.5 Å².